The molecular formula is C15H25N3S. The summed E-state index contributed by atoms with van der Waals surface area (Å²) in [6, 6.07) is 0.686. The first kappa shape index (κ1) is 13.4. The van der Waals surface area contributed by atoms with Gasteiger partial charge in [0, 0.05) is 30.4 Å². The minimum atomic E-state index is 0.655. The van der Waals surface area contributed by atoms with Crippen LogP contribution in [-0.2, 0) is 6.54 Å². The third kappa shape index (κ3) is 2.95. The minimum absolute atomic E-state index is 0.655. The molecular weight excluding hydrogens is 254 g/mol. The van der Waals surface area contributed by atoms with Gasteiger partial charge in [0.1, 0.15) is 0 Å². The lowest BCUT2D eigenvalue weighted by Gasteiger charge is -2.26. The van der Waals surface area contributed by atoms with E-state index in [0.717, 1.165) is 0 Å². The summed E-state index contributed by atoms with van der Waals surface area (Å²) in [6.45, 7) is 0.655. The van der Waals surface area contributed by atoms with Gasteiger partial charge in [-0.15, -0.1) is 11.3 Å². The Hall–Kier alpha value is -0.610. The van der Waals surface area contributed by atoms with E-state index in [1.807, 2.05) is 11.3 Å². The van der Waals surface area contributed by atoms with E-state index in [4.69, 9.17) is 10.7 Å². The predicted molar refractivity (Wildman–Crippen MR) is 81.9 cm³/mol. The minimum Gasteiger partial charge on any atom is -0.348 e. The fraction of sp³-hybridized carbons (Fsp3) is 0.800. The molecule has 0 amide bonds. The number of hydrogen-bond donors (Lipinski definition) is 1. The lowest BCUT2D eigenvalue weighted by molar-refractivity contribution is 0.552. The first-order valence-electron chi connectivity index (χ1n) is 7.72. The van der Waals surface area contributed by atoms with Crippen LogP contribution in [0.5, 0.6) is 0 Å². The van der Waals surface area contributed by atoms with Crippen LogP contribution in [0.4, 0.5) is 5.13 Å². The molecule has 0 atom stereocenters. The molecule has 2 saturated carbocycles. The second-order valence-electron chi connectivity index (χ2n) is 6.04. The standard InChI is InChI=1S/C15H25N3S/c1-18(12-6-4-2-3-5-7-12)15-17-14(11-8-9-11)13(10-16)19-15/h11-12H,2-10,16H2,1H3. The van der Waals surface area contributed by atoms with Gasteiger partial charge in [0.2, 0.25) is 0 Å². The van der Waals surface area contributed by atoms with Crippen LogP contribution < -0.4 is 10.6 Å². The summed E-state index contributed by atoms with van der Waals surface area (Å²) in [7, 11) is 2.23. The van der Waals surface area contributed by atoms with Crippen molar-refractivity contribution in [2.75, 3.05) is 11.9 Å². The Balaban J connectivity index is 1.76. The molecule has 1 aromatic heterocycles. The van der Waals surface area contributed by atoms with Crippen LogP contribution in [0.1, 0.15) is 67.9 Å². The first-order chi connectivity index (χ1) is 9.29. The highest BCUT2D eigenvalue weighted by Crippen LogP contribution is 2.44. The molecule has 0 aromatic carbocycles. The summed E-state index contributed by atoms with van der Waals surface area (Å²) in [5.74, 6) is 0.714. The van der Waals surface area contributed by atoms with Crippen molar-refractivity contribution in [2.24, 2.45) is 5.73 Å². The van der Waals surface area contributed by atoms with Crippen LogP contribution in [0.15, 0.2) is 0 Å². The Labute approximate surface area is 120 Å². The Morgan fingerprint density at radius 2 is 1.84 bits per heavy atom. The third-order valence-corrected chi connectivity index (χ3v) is 5.72. The number of hydrogen-bond acceptors (Lipinski definition) is 4. The van der Waals surface area contributed by atoms with Crippen molar-refractivity contribution in [1.29, 1.82) is 0 Å². The zero-order chi connectivity index (χ0) is 13.2. The Morgan fingerprint density at radius 1 is 1.16 bits per heavy atom. The van der Waals surface area contributed by atoms with Gasteiger partial charge in [0.25, 0.3) is 0 Å². The molecule has 0 bridgehead atoms. The van der Waals surface area contributed by atoms with E-state index in [1.165, 1.54) is 67.1 Å². The van der Waals surface area contributed by atoms with E-state index < -0.39 is 0 Å². The SMILES string of the molecule is CN(c1nc(C2CC2)c(CN)s1)C1CCCCCC1. The summed E-state index contributed by atoms with van der Waals surface area (Å²) in [5.41, 5.74) is 7.19. The van der Waals surface area contributed by atoms with Crippen molar-refractivity contribution in [3.05, 3.63) is 10.6 Å². The molecule has 2 N–H and O–H groups in total. The van der Waals surface area contributed by atoms with Crippen LogP contribution in [0.3, 0.4) is 0 Å². The molecule has 0 radical (unpaired) electrons. The highest BCUT2D eigenvalue weighted by molar-refractivity contribution is 7.15. The largest absolute Gasteiger partial charge is 0.348 e. The molecule has 3 rings (SSSR count). The van der Waals surface area contributed by atoms with Crippen molar-refractivity contribution in [3.63, 3.8) is 0 Å². The molecule has 0 saturated heterocycles. The van der Waals surface area contributed by atoms with Crippen molar-refractivity contribution >= 4 is 16.5 Å². The van der Waals surface area contributed by atoms with Gasteiger partial charge in [0.15, 0.2) is 5.13 Å². The number of anilines is 1. The Morgan fingerprint density at radius 3 is 2.42 bits per heavy atom. The second kappa shape index (κ2) is 5.80. The predicted octanol–water partition coefficient (Wildman–Crippen LogP) is 3.64. The highest BCUT2D eigenvalue weighted by Gasteiger charge is 2.30. The van der Waals surface area contributed by atoms with Gasteiger partial charge < -0.3 is 10.6 Å². The maximum Gasteiger partial charge on any atom is 0.185 e. The van der Waals surface area contributed by atoms with E-state index >= 15 is 0 Å². The average Bonchev–Trinajstić information content (AvgIpc) is 3.22. The number of nitrogens with zero attached hydrogens (tertiary/aromatic N) is 2. The molecule has 19 heavy (non-hydrogen) atoms. The molecule has 0 spiro atoms. The normalized spacial score (nSPS) is 21.4. The van der Waals surface area contributed by atoms with Crippen LogP contribution in [0.25, 0.3) is 0 Å². The van der Waals surface area contributed by atoms with Crippen LogP contribution >= 0.6 is 11.3 Å². The number of aromatic nitrogens is 1. The fourth-order valence-corrected chi connectivity index (χ4v) is 4.18. The maximum atomic E-state index is 5.89. The molecule has 106 valence electrons. The molecule has 2 aliphatic carbocycles. The van der Waals surface area contributed by atoms with E-state index in [1.54, 1.807) is 0 Å². The van der Waals surface area contributed by atoms with Gasteiger partial charge in [0.05, 0.1) is 5.69 Å². The van der Waals surface area contributed by atoms with Crippen molar-refractivity contribution in [3.8, 4) is 0 Å². The lowest BCUT2D eigenvalue weighted by Crippen LogP contribution is -2.30. The van der Waals surface area contributed by atoms with Gasteiger partial charge in [-0.2, -0.15) is 0 Å². The van der Waals surface area contributed by atoms with E-state index in [2.05, 4.69) is 11.9 Å². The summed E-state index contributed by atoms with van der Waals surface area (Å²) in [4.78, 5) is 8.66. The van der Waals surface area contributed by atoms with E-state index in [9.17, 15) is 0 Å². The van der Waals surface area contributed by atoms with Gasteiger partial charge in [-0.1, -0.05) is 25.7 Å². The molecule has 0 aliphatic heterocycles. The molecule has 1 heterocycles. The molecule has 1 aromatic rings. The molecule has 2 fully saturated rings. The summed E-state index contributed by atoms with van der Waals surface area (Å²) >= 11 is 1.83. The van der Waals surface area contributed by atoms with E-state index in [-0.39, 0.29) is 0 Å². The van der Waals surface area contributed by atoms with Crippen molar-refractivity contribution in [2.45, 2.75) is 69.9 Å². The third-order valence-electron chi connectivity index (χ3n) is 4.54. The number of thiazole rings is 1. The number of rotatable bonds is 4. The molecule has 4 heteroatoms. The average molecular weight is 279 g/mol. The zero-order valence-corrected chi connectivity index (χ0v) is 12.7. The quantitative estimate of drug-likeness (QED) is 0.856. The van der Waals surface area contributed by atoms with Gasteiger partial charge in [-0.25, -0.2) is 4.98 Å². The molecule has 0 unspecified atom stereocenters. The summed E-state index contributed by atoms with van der Waals surface area (Å²) in [6.07, 6.45) is 10.8. The Kier molecular flexibility index (Phi) is 4.08. The van der Waals surface area contributed by atoms with E-state index in [0.29, 0.717) is 18.5 Å². The van der Waals surface area contributed by atoms with Crippen LogP contribution in [-0.4, -0.2) is 18.1 Å². The van der Waals surface area contributed by atoms with Crippen LogP contribution in [0.2, 0.25) is 0 Å². The first-order valence-corrected chi connectivity index (χ1v) is 8.53. The fourth-order valence-electron chi connectivity index (χ4n) is 3.12. The summed E-state index contributed by atoms with van der Waals surface area (Å²) in [5, 5.41) is 1.20. The monoisotopic (exact) mass is 279 g/mol. The van der Waals surface area contributed by atoms with Crippen molar-refractivity contribution in [1.82, 2.24) is 4.98 Å². The van der Waals surface area contributed by atoms with Gasteiger partial charge >= 0.3 is 0 Å². The number of nitrogens with two attached hydrogens (primary N) is 1. The smallest absolute Gasteiger partial charge is 0.185 e. The van der Waals surface area contributed by atoms with Crippen LogP contribution in [0, 0.1) is 0 Å². The van der Waals surface area contributed by atoms with Gasteiger partial charge in [-0.3, -0.25) is 0 Å². The maximum absolute atomic E-state index is 5.89. The molecule has 3 nitrogen and oxygen atoms in total. The van der Waals surface area contributed by atoms with Crippen molar-refractivity contribution < 1.29 is 0 Å². The summed E-state index contributed by atoms with van der Waals surface area (Å²) < 4.78 is 0. The highest BCUT2D eigenvalue weighted by atomic mass is 32.1. The van der Waals surface area contributed by atoms with Gasteiger partial charge in [-0.05, 0) is 25.7 Å². The zero-order valence-electron chi connectivity index (χ0n) is 11.9. The molecule has 2 aliphatic rings. The lowest BCUT2D eigenvalue weighted by atomic mass is 10.1. The topological polar surface area (TPSA) is 42.2 Å². The Bertz CT molecular complexity index is 417. The second-order valence-corrected chi connectivity index (χ2v) is 7.10.